The highest BCUT2D eigenvalue weighted by atomic mass is 16.5. The van der Waals surface area contributed by atoms with Crippen LogP contribution in [0.2, 0.25) is 0 Å². The first-order chi connectivity index (χ1) is 10.1. The topological polar surface area (TPSA) is 46.5 Å². The molecule has 0 aromatic heterocycles. The van der Waals surface area contributed by atoms with E-state index in [9.17, 15) is 9.90 Å². The number of rotatable bonds is 9. The zero-order valence-electron chi connectivity index (χ0n) is 15.0. The molecular formula is C19H32O3. The summed E-state index contributed by atoms with van der Waals surface area (Å²) < 4.78 is 4.99. The zero-order chi connectivity index (χ0) is 17.2. The van der Waals surface area contributed by atoms with Crippen LogP contribution in [0.25, 0.3) is 0 Å². The van der Waals surface area contributed by atoms with E-state index in [1.165, 1.54) is 30.6 Å². The van der Waals surface area contributed by atoms with Crippen molar-refractivity contribution in [2.24, 2.45) is 0 Å². The molecule has 126 valence electrons. The van der Waals surface area contributed by atoms with Crippen LogP contribution in [0.1, 0.15) is 67.2 Å². The van der Waals surface area contributed by atoms with Crippen LogP contribution in [0.5, 0.6) is 0 Å². The van der Waals surface area contributed by atoms with Gasteiger partial charge in [-0.1, -0.05) is 28.9 Å². The van der Waals surface area contributed by atoms with Crippen molar-refractivity contribution in [1.82, 2.24) is 0 Å². The van der Waals surface area contributed by atoms with Crippen molar-refractivity contribution in [2.45, 2.75) is 72.8 Å². The molecule has 3 nitrogen and oxygen atoms in total. The van der Waals surface area contributed by atoms with Gasteiger partial charge in [-0.15, -0.1) is 0 Å². The molecule has 0 radical (unpaired) electrons. The zero-order valence-corrected chi connectivity index (χ0v) is 15.0. The summed E-state index contributed by atoms with van der Waals surface area (Å²) in [6.07, 6.45) is 10.6. The summed E-state index contributed by atoms with van der Waals surface area (Å²) in [6.45, 7) is 11.5. The molecule has 0 bridgehead atoms. The second-order valence-electron chi connectivity index (χ2n) is 6.62. The molecule has 3 heteroatoms. The number of carbonyl (C=O) groups excluding carboxylic acids is 1. The summed E-state index contributed by atoms with van der Waals surface area (Å²) in [7, 11) is 0. The van der Waals surface area contributed by atoms with Gasteiger partial charge in [-0.05, 0) is 73.3 Å². The Morgan fingerprint density at radius 3 is 1.95 bits per heavy atom. The molecule has 0 aliphatic heterocycles. The highest BCUT2D eigenvalue weighted by molar-refractivity contribution is 5.78. The lowest BCUT2D eigenvalue weighted by molar-refractivity contribution is -0.160. The molecule has 0 aromatic rings. The first-order valence-electron chi connectivity index (χ1n) is 7.97. The molecule has 0 aromatic carbocycles. The molecule has 0 aliphatic rings. The van der Waals surface area contributed by atoms with Crippen molar-refractivity contribution in [1.29, 1.82) is 0 Å². The van der Waals surface area contributed by atoms with Gasteiger partial charge in [0.2, 0.25) is 0 Å². The molecule has 0 saturated heterocycles. The van der Waals surface area contributed by atoms with Crippen molar-refractivity contribution >= 4 is 5.97 Å². The Morgan fingerprint density at radius 1 is 0.955 bits per heavy atom. The number of allylic oxidation sites excluding steroid dienone is 5. The van der Waals surface area contributed by atoms with Crippen LogP contribution in [0.15, 0.2) is 34.9 Å². The Hall–Kier alpha value is -1.35. The van der Waals surface area contributed by atoms with Crippen LogP contribution in [0, 0.1) is 0 Å². The fourth-order valence-corrected chi connectivity index (χ4v) is 1.78. The van der Waals surface area contributed by atoms with Gasteiger partial charge in [-0.25, -0.2) is 4.79 Å². The van der Waals surface area contributed by atoms with E-state index in [0.29, 0.717) is 0 Å². The Bertz CT molecular complexity index is 430. The molecule has 0 rings (SSSR count). The minimum absolute atomic E-state index is 0.220. The van der Waals surface area contributed by atoms with Crippen LogP contribution >= 0.6 is 0 Å². The number of esters is 1. The molecule has 0 heterocycles. The molecule has 0 atom stereocenters. The second kappa shape index (κ2) is 10.4. The van der Waals surface area contributed by atoms with Gasteiger partial charge in [-0.3, -0.25) is 0 Å². The summed E-state index contributed by atoms with van der Waals surface area (Å²) in [4.78, 5) is 11.4. The van der Waals surface area contributed by atoms with E-state index >= 15 is 0 Å². The van der Waals surface area contributed by atoms with Crippen LogP contribution in [-0.2, 0) is 9.53 Å². The van der Waals surface area contributed by atoms with Gasteiger partial charge in [-0.2, -0.15) is 0 Å². The molecule has 0 spiro atoms. The van der Waals surface area contributed by atoms with Crippen molar-refractivity contribution in [3.8, 4) is 0 Å². The molecule has 0 saturated carbocycles. The Balaban J connectivity index is 4.02. The third-order valence-corrected chi connectivity index (χ3v) is 3.27. The number of aliphatic hydroxyl groups is 1. The van der Waals surface area contributed by atoms with E-state index in [4.69, 9.17) is 4.74 Å². The summed E-state index contributed by atoms with van der Waals surface area (Å²) in [5, 5.41) is 9.45. The fraction of sp³-hybridized carbons (Fsp3) is 0.632. The minimum Gasteiger partial charge on any atom is -0.459 e. The smallest absolute Gasteiger partial charge is 0.337 e. The summed E-state index contributed by atoms with van der Waals surface area (Å²) >= 11 is 0. The maximum absolute atomic E-state index is 11.4. The molecule has 0 fully saturated rings. The molecule has 0 unspecified atom stereocenters. The molecular weight excluding hydrogens is 276 g/mol. The Labute approximate surface area is 135 Å². The van der Waals surface area contributed by atoms with Crippen molar-refractivity contribution < 1.29 is 14.6 Å². The van der Waals surface area contributed by atoms with Crippen LogP contribution < -0.4 is 0 Å². The van der Waals surface area contributed by atoms with Crippen molar-refractivity contribution in [3.05, 3.63) is 34.9 Å². The van der Waals surface area contributed by atoms with E-state index in [1.54, 1.807) is 0 Å². The maximum atomic E-state index is 11.4. The lowest BCUT2D eigenvalue weighted by Gasteiger charge is -2.14. The lowest BCUT2D eigenvalue weighted by atomic mass is 10.1. The Kier molecular flexibility index (Phi) is 9.75. The Morgan fingerprint density at radius 2 is 1.45 bits per heavy atom. The summed E-state index contributed by atoms with van der Waals surface area (Å²) in [5.41, 5.74) is 2.55. The lowest BCUT2D eigenvalue weighted by Crippen LogP contribution is -2.33. The van der Waals surface area contributed by atoms with E-state index < -0.39 is 11.6 Å². The first-order valence-corrected chi connectivity index (χ1v) is 7.97. The van der Waals surface area contributed by atoms with E-state index in [2.05, 4.69) is 32.9 Å². The number of hydrogen-bond acceptors (Lipinski definition) is 3. The summed E-state index contributed by atoms with van der Waals surface area (Å²) in [5.74, 6) is -0.591. The van der Waals surface area contributed by atoms with Gasteiger partial charge in [0.15, 0.2) is 5.60 Å². The van der Waals surface area contributed by atoms with Crippen molar-refractivity contribution in [3.63, 3.8) is 0 Å². The highest BCUT2D eigenvalue weighted by Crippen LogP contribution is 2.11. The van der Waals surface area contributed by atoms with Gasteiger partial charge in [0.25, 0.3) is 0 Å². The standard InChI is InChI=1S/C19H32O3/c1-15(2)9-7-10-16(3)11-8-12-17(4)13-14-22-18(20)19(5,6)21/h9,11,13,21H,7-8,10,12,14H2,1-6H3. The van der Waals surface area contributed by atoms with Gasteiger partial charge in [0, 0.05) is 0 Å². The highest BCUT2D eigenvalue weighted by Gasteiger charge is 2.24. The maximum Gasteiger partial charge on any atom is 0.337 e. The molecule has 0 amide bonds. The predicted molar refractivity (Wildman–Crippen MR) is 92.7 cm³/mol. The largest absolute Gasteiger partial charge is 0.459 e. The van der Waals surface area contributed by atoms with Gasteiger partial charge < -0.3 is 9.84 Å². The third kappa shape index (κ3) is 11.3. The average molecular weight is 308 g/mol. The normalized spacial score (nSPS) is 13.0. The average Bonchev–Trinajstić information content (AvgIpc) is 2.37. The quantitative estimate of drug-likeness (QED) is 0.495. The molecule has 0 aliphatic carbocycles. The first kappa shape index (κ1) is 20.6. The van der Waals surface area contributed by atoms with E-state index in [0.717, 1.165) is 25.7 Å². The fourth-order valence-electron chi connectivity index (χ4n) is 1.78. The second-order valence-corrected chi connectivity index (χ2v) is 6.62. The van der Waals surface area contributed by atoms with Gasteiger partial charge in [0.1, 0.15) is 6.61 Å². The van der Waals surface area contributed by atoms with Crippen molar-refractivity contribution in [2.75, 3.05) is 6.61 Å². The molecule has 1 N–H and O–H groups in total. The SMILES string of the molecule is CC(C)=CCCC(C)=CCCC(C)=CCOC(=O)C(C)(C)O. The van der Waals surface area contributed by atoms with Gasteiger partial charge in [0.05, 0.1) is 0 Å². The predicted octanol–water partition coefficient (Wildman–Crippen LogP) is 4.72. The third-order valence-electron chi connectivity index (χ3n) is 3.27. The number of carbonyl (C=O) groups is 1. The van der Waals surface area contributed by atoms with Crippen LogP contribution in [0.4, 0.5) is 0 Å². The van der Waals surface area contributed by atoms with E-state index in [1.807, 2.05) is 13.0 Å². The van der Waals surface area contributed by atoms with Crippen LogP contribution in [-0.4, -0.2) is 23.3 Å². The van der Waals surface area contributed by atoms with Crippen LogP contribution in [0.3, 0.4) is 0 Å². The monoisotopic (exact) mass is 308 g/mol. The number of hydrogen-bond donors (Lipinski definition) is 1. The van der Waals surface area contributed by atoms with Gasteiger partial charge >= 0.3 is 5.97 Å². The minimum atomic E-state index is -1.42. The molecule has 22 heavy (non-hydrogen) atoms. The van der Waals surface area contributed by atoms with E-state index in [-0.39, 0.29) is 6.61 Å². The number of ether oxygens (including phenoxy) is 1. The summed E-state index contributed by atoms with van der Waals surface area (Å²) in [6, 6.07) is 0.